The number of nitrogens with two attached hydrogens (primary N) is 1. The number of methoxy groups -OCH3 is 1. The van der Waals surface area contributed by atoms with E-state index in [0.29, 0.717) is 22.6 Å². The number of hydrogen-bond acceptors (Lipinski definition) is 7. The van der Waals surface area contributed by atoms with Gasteiger partial charge in [-0.15, -0.1) is 0 Å². The summed E-state index contributed by atoms with van der Waals surface area (Å²) in [6.45, 7) is 0. The van der Waals surface area contributed by atoms with Crippen molar-refractivity contribution < 1.29 is 9.15 Å². The normalized spacial score (nSPS) is 11.1. The van der Waals surface area contributed by atoms with E-state index in [-0.39, 0.29) is 0 Å². The van der Waals surface area contributed by atoms with E-state index >= 15 is 0 Å². The van der Waals surface area contributed by atoms with Crippen LogP contribution in [0.25, 0.3) is 21.3 Å². The van der Waals surface area contributed by atoms with Gasteiger partial charge in [-0.2, -0.15) is 4.98 Å². The molecule has 3 N–H and O–H groups in total. The van der Waals surface area contributed by atoms with Crippen LogP contribution in [0, 0.1) is 0 Å². The van der Waals surface area contributed by atoms with Crippen LogP contribution in [0.5, 0.6) is 5.75 Å². The molecular weight excluding hydrogens is 300 g/mol. The van der Waals surface area contributed by atoms with Gasteiger partial charge in [0.25, 0.3) is 0 Å². The molecule has 0 bridgehead atoms. The van der Waals surface area contributed by atoms with Gasteiger partial charge in [0.1, 0.15) is 16.8 Å². The molecule has 2 aromatic carbocycles. The Morgan fingerprint density at radius 1 is 1.23 bits per heavy atom. The minimum Gasteiger partial charge on any atom is -0.494 e. The van der Waals surface area contributed by atoms with Crippen molar-refractivity contribution in [2.45, 2.75) is 0 Å². The summed E-state index contributed by atoms with van der Waals surface area (Å²) < 4.78 is 11.9. The monoisotopic (exact) mass is 312 g/mol. The fourth-order valence-corrected chi connectivity index (χ4v) is 3.17. The van der Waals surface area contributed by atoms with Crippen LogP contribution in [0.3, 0.4) is 0 Å². The van der Waals surface area contributed by atoms with E-state index in [1.807, 2.05) is 30.3 Å². The molecular formula is C15H12N4O2S. The maximum Gasteiger partial charge on any atom is 0.302 e. The molecule has 0 aliphatic carbocycles. The molecule has 0 spiro atoms. The molecule has 0 unspecified atom stereocenters. The second-order valence-electron chi connectivity index (χ2n) is 4.70. The Morgan fingerprint density at radius 2 is 2.09 bits per heavy atom. The van der Waals surface area contributed by atoms with E-state index in [1.54, 1.807) is 13.2 Å². The summed E-state index contributed by atoms with van der Waals surface area (Å²) in [5.74, 6) is 0.650. The number of nitrogen functional groups attached to an aromatic ring is 1. The highest BCUT2D eigenvalue weighted by Crippen LogP contribution is 2.35. The first-order valence-corrected chi connectivity index (χ1v) is 7.41. The Hall–Kier alpha value is -2.80. The first-order chi connectivity index (χ1) is 10.7. The van der Waals surface area contributed by atoms with Crippen LogP contribution in [0.4, 0.5) is 16.8 Å². The zero-order valence-electron chi connectivity index (χ0n) is 11.7. The highest BCUT2D eigenvalue weighted by molar-refractivity contribution is 7.22. The molecule has 0 amide bonds. The molecule has 6 nitrogen and oxygen atoms in total. The zero-order valence-corrected chi connectivity index (χ0v) is 12.5. The summed E-state index contributed by atoms with van der Waals surface area (Å²) in [7, 11) is 1.60. The van der Waals surface area contributed by atoms with E-state index in [4.69, 9.17) is 14.9 Å². The van der Waals surface area contributed by atoms with Gasteiger partial charge >= 0.3 is 6.01 Å². The molecule has 0 saturated carbocycles. The van der Waals surface area contributed by atoms with Gasteiger partial charge in [0, 0.05) is 11.8 Å². The second kappa shape index (κ2) is 4.88. The van der Waals surface area contributed by atoms with Crippen LogP contribution in [-0.4, -0.2) is 17.1 Å². The van der Waals surface area contributed by atoms with Gasteiger partial charge in [0.05, 0.1) is 11.8 Å². The molecule has 0 fully saturated rings. The molecule has 0 atom stereocenters. The summed E-state index contributed by atoms with van der Waals surface area (Å²) in [6, 6.07) is 11.6. The lowest BCUT2D eigenvalue weighted by atomic mass is 10.3. The molecule has 2 heterocycles. The zero-order chi connectivity index (χ0) is 15.1. The number of thiazole rings is 1. The third kappa shape index (κ3) is 2.11. The molecule has 0 aliphatic rings. The summed E-state index contributed by atoms with van der Waals surface area (Å²) in [4.78, 5) is 8.89. The first-order valence-electron chi connectivity index (χ1n) is 6.59. The molecule has 0 aliphatic heterocycles. The predicted octanol–water partition coefficient (Wildman–Crippen LogP) is 3.77. The number of nitrogens with zero attached hydrogens (tertiary/aromatic N) is 2. The van der Waals surface area contributed by atoms with Crippen molar-refractivity contribution >= 4 is 49.5 Å². The highest BCUT2D eigenvalue weighted by Gasteiger charge is 2.12. The Labute approximate surface area is 129 Å². The van der Waals surface area contributed by atoms with Crippen molar-refractivity contribution in [2.24, 2.45) is 0 Å². The summed E-state index contributed by atoms with van der Waals surface area (Å²) >= 11 is 1.46. The van der Waals surface area contributed by atoms with E-state index in [2.05, 4.69) is 15.3 Å². The standard InChI is InChI=1S/C15H12N4O2S/c1-20-11-6-8(16)7-12-13(11)18-15(22-12)19-14-17-9-4-2-3-5-10(9)21-14/h2-7H,16H2,1H3,(H,17,18,19). The van der Waals surface area contributed by atoms with Gasteiger partial charge in [0.15, 0.2) is 10.7 Å². The Balaban J connectivity index is 1.74. The molecule has 110 valence electrons. The smallest absolute Gasteiger partial charge is 0.302 e. The first kappa shape index (κ1) is 12.9. The van der Waals surface area contributed by atoms with Crippen molar-refractivity contribution in [1.29, 1.82) is 0 Å². The van der Waals surface area contributed by atoms with Crippen LogP contribution in [0.15, 0.2) is 40.8 Å². The third-order valence-electron chi connectivity index (χ3n) is 3.21. The third-order valence-corrected chi connectivity index (χ3v) is 4.13. The topological polar surface area (TPSA) is 86.2 Å². The van der Waals surface area contributed by atoms with Crippen molar-refractivity contribution in [2.75, 3.05) is 18.2 Å². The number of ether oxygens (including phenoxy) is 1. The van der Waals surface area contributed by atoms with E-state index in [0.717, 1.165) is 21.3 Å². The molecule has 0 saturated heterocycles. The van der Waals surface area contributed by atoms with Gasteiger partial charge in [-0.3, -0.25) is 5.32 Å². The Bertz CT molecular complexity index is 943. The fourth-order valence-electron chi connectivity index (χ4n) is 2.25. The van der Waals surface area contributed by atoms with Gasteiger partial charge in [-0.25, -0.2) is 4.98 Å². The number of nitrogens with one attached hydrogen (secondary N) is 1. The lowest BCUT2D eigenvalue weighted by Crippen LogP contribution is -1.90. The Morgan fingerprint density at radius 3 is 2.91 bits per heavy atom. The maximum atomic E-state index is 5.86. The van der Waals surface area contributed by atoms with Crippen LogP contribution in [0.2, 0.25) is 0 Å². The lowest BCUT2D eigenvalue weighted by molar-refractivity contribution is 0.419. The lowest BCUT2D eigenvalue weighted by Gasteiger charge is -2.01. The number of aromatic nitrogens is 2. The summed E-state index contributed by atoms with van der Waals surface area (Å²) in [6.07, 6.45) is 0. The van der Waals surface area contributed by atoms with Crippen molar-refractivity contribution in [3.63, 3.8) is 0 Å². The number of anilines is 3. The molecule has 7 heteroatoms. The fraction of sp³-hybridized carbons (Fsp3) is 0.0667. The van der Waals surface area contributed by atoms with Crippen molar-refractivity contribution in [3.8, 4) is 5.75 Å². The van der Waals surface area contributed by atoms with Crippen LogP contribution >= 0.6 is 11.3 Å². The molecule has 0 radical (unpaired) electrons. The number of hydrogen-bond donors (Lipinski definition) is 2. The largest absolute Gasteiger partial charge is 0.494 e. The number of fused-ring (bicyclic) bond motifs is 2. The molecule has 4 aromatic rings. The molecule has 22 heavy (non-hydrogen) atoms. The van der Waals surface area contributed by atoms with E-state index in [9.17, 15) is 0 Å². The van der Waals surface area contributed by atoms with E-state index in [1.165, 1.54) is 11.3 Å². The van der Waals surface area contributed by atoms with Gasteiger partial charge in [-0.1, -0.05) is 23.5 Å². The minimum absolute atomic E-state index is 0.409. The quantitative estimate of drug-likeness (QED) is 0.560. The number of benzene rings is 2. The summed E-state index contributed by atoms with van der Waals surface area (Å²) in [5.41, 5.74) is 8.79. The van der Waals surface area contributed by atoms with Gasteiger partial charge in [-0.05, 0) is 18.2 Å². The number of oxazole rings is 1. The number of para-hydroxylation sites is 2. The van der Waals surface area contributed by atoms with Crippen LogP contribution in [-0.2, 0) is 0 Å². The van der Waals surface area contributed by atoms with Gasteiger partial charge < -0.3 is 14.9 Å². The van der Waals surface area contributed by atoms with Crippen molar-refractivity contribution in [1.82, 2.24) is 9.97 Å². The van der Waals surface area contributed by atoms with Gasteiger partial charge in [0.2, 0.25) is 0 Å². The highest BCUT2D eigenvalue weighted by atomic mass is 32.1. The maximum absolute atomic E-state index is 5.86. The minimum atomic E-state index is 0.409. The average Bonchev–Trinajstić information content (AvgIpc) is 3.08. The summed E-state index contributed by atoms with van der Waals surface area (Å²) in [5, 5.41) is 3.76. The Kier molecular flexibility index (Phi) is 2.87. The second-order valence-corrected chi connectivity index (χ2v) is 5.73. The van der Waals surface area contributed by atoms with Crippen LogP contribution in [0.1, 0.15) is 0 Å². The SMILES string of the molecule is COc1cc(N)cc2sc(Nc3nc4ccccc4o3)nc12. The van der Waals surface area contributed by atoms with Crippen molar-refractivity contribution in [3.05, 3.63) is 36.4 Å². The predicted molar refractivity (Wildman–Crippen MR) is 87.9 cm³/mol. The number of rotatable bonds is 3. The van der Waals surface area contributed by atoms with E-state index < -0.39 is 0 Å². The average molecular weight is 312 g/mol. The molecule has 2 aromatic heterocycles. The van der Waals surface area contributed by atoms with Crippen LogP contribution < -0.4 is 15.8 Å². The molecule has 4 rings (SSSR count).